The van der Waals surface area contributed by atoms with Gasteiger partial charge in [0.15, 0.2) is 0 Å². The monoisotopic (exact) mass is 254 g/mol. The summed E-state index contributed by atoms with van der Waals surface area (Å²) in [4.78, 5) is 12.7. The van der Waals surface area contributed by atoms with E-state index >= 15 is 0 Å². The quantitative estimate of drug-likeness (QED) is 0.869. The molecule has 3 nitrogen and oxygen atoms in total. The Bertz CT molecular complexity index is 402. The number of hydrogen-bond donors (Lipinski definition) is 2. The van der Waals surface area contributed by atoms with E-state index in [2.05, 4.69) is 26.1 Å². The molecule has 0 saturated heterocycles. The van der Waals surface area contributed by atoms with Gasteiger partial charge in [0, 0.05) is 5.54 Å². The molecule has 0 spiro atoms. The molecule has 1 amide bonds. The molecule has 0 saturated carbocycles. The molecular weight excluding hydrogens is 232 g/mol. The second kappa shape index (κ2) is 4.69. The Balaban J connectivity index is 2.72. The molecule has 1 heterocycles. The molecule has 3 N–H and O–H groups in total. The van der Waals surface area contributed by atoms with E-state index in [4.69, 9.17) is 5.73 Å². The lowest BCUT2D eigenvalue weighted by Gasteiger charge is -2.33. The van der Waals surface area contributed by atoms with Crippen molar-refractivity contribution in [3.8, 4) is 0 Å². The number of hydrogen-bond acceptors (Lipinski definition) is 3. The number of amides is 1. The van der Waals surface area contributed by atoms with Gasteiger partial charge in [-0.3, -0.25) is 4.79 Å². The maximum absolute atomic E-state index is 12.0. The van der Waals surface area contributed by atoms with Gasteiger partial charge in [0.2, 0.25) is 0 Å². The standard InChI is InChI=1S/C13H22N2OS/c1-12(2,3)8-13(4,5)15-11(16)10-9(14)6-7-17-10/h6-7H,8,14H2,1-5H3,(H,15,16). The zero-order valence-electron chi connectivity index (χ0n) is 11.3. The molecule has 1 aromatic heterocycles. The van der Waals surface area contributed by atoms with Crippen LogP contribution in [-0.2, 0) is 0 Å². The molecule has 17 heavy (non-hydrogen) atoms. The predicted molar refractivity (Wildman–Crippen MR) is 74.3 cm³/mol. The number of nitrogens with two attached hydrogens (primary N) is 1. The van der Waals surface area contributed by atoms with Gasteiger partial charge in [-0.25, -0.2) is 0 Å². The van der Waals surface area contributed by atoms with Crippen LogP contribution < -0.4 is 11.1 Å². The van der Waals surface area contributed by atoms with E-state index in [1.807, 2.05) is 19.2 Å². The van der Waals surface area contributed by atoms with E-state index in [9.17, 15) is 4.79 Å². The molecule has 96 valence electrons. The molecule has 0 aliphatic carbocycles. The van der Waals surface area contributed by atoms with E-state index in [1.165, 1.54) is 11.3 Å². The third kappa shape index (κ3) is 4.38. The second-order valence-corrected chi connectivity index (χ2v) is 7.20. The lowest BCUT2D eigenvalue weighted by Crippen LogP contribution is -2.45. The van der Waals surface area contributed by atoms with Crippen molar-refractivity contribution in [1.82, 2.24) is 5.32 Å². The molecule has 0 aliphatic heterocycles. The normalized spacial score (nSPS) is 12.5. The summed E-state index contributed by atoms with van der Waals surface area (Å²) in [5, 5.41) is 4.88. The molecular formula is C13H22N2OS. The minimum absolute atomic E-state index is 0.0771. The van der Waals surface area contributed by atoms with E-state index in [1.54, 1.807) is 6.07 Å². The number of nitrogens with one attached hydrogen (secondary N) is 1. The van der Waals surface area contributed by atoms with Crippen LogP contribution in [-0.4, -0.2) is 11.4 Å². The lowest BCUT2D eigenvalue weighted by atomic mass is 9.82. The van der Waals surface area contributed by atoms with Crippen molar-refractivity contribution in [2.24, 2.45) is 5.41 Å². The molecule has 1 rings (SSSR count). The van der Waals surface area contributed by atoms with E-state index in [0.29, 0.717) is 10.6 Å². The molecule has 0 aliphatic rings. The van der Waals surface area contributed by atoms with Gasteiger partial charge in [-0.2, -0.15) is 0 Å². The van der Waals surface area contributed by atoms with E-state index < -0.39 is 0 Å². The molecule has 0 fully saturated rings. The third-order valence-corrected chi connectivity index (χ3v) is 3.26. The van der Waals surface area contributed by atoms with E-state index in [0.717, 1.165) is 6.42 Å². The summed E-state index contributed by atoms with van der Waals surface area (Å²) in [5.41, 5.74) is 6.24. The summed E-state index contributed by atoms with van der Waals surface area (Å²) in [6.07, 6.45) is 0.914. The van der Waals surface area contributed by atoms with Gasteiger partial charge < -0.3 is 11.1 Å². The number of carbonyl (C=O) groups excluding carboxylic acids is 1. The largest absolute Gasteiger partial charge is 0.397 e. The fraction of sp³-hybridized carbons (Fsp3) is 0.615. The summed E-state index contributed by atoms with van der Waals surface area (Å²) in [7, 11) is 0. The van der Waals surface area contributed by atoms with Gasteiger partial charge in [0.05, 0.1) is 5.69 Å². The summed E-state index contributed by atoms with van der Waals surface area (Å²) in [6.45, 7) is 10.6. The molecule has 0 aromatic carbocycles. The first kappa shape index (κ1) is 14.0. The Kier molecular flexibility index (Phi) is 3.87. The van der Waals surface area contributed by atoms with Crippen LogP contribution in [0.3, 0.4) is 0 Å². The molecule has 1 aromatic rings. The minimum atomic E-state index is -0.230. The smallest absolute Gasteiger partial charge is 0.263 e. The van der Waals surface area contributed by atoms with Gasteiger partial charge in [-0.15, -0.1) is 11.3 Å². The van der Waals surface area contributed by atoms with Crippen LogP contribution in [0.25, 0.3) is 0 Å². The van der Waals surface area contributed by atoms with Crippen molar-refractivity contribution >= 4 is 22.9 Å². The number of anilines is 1. The Labute approximate surface area is 107 Å². The van der Waals surface area contributed by atoms with Crippen molar-refractivity contribution in [3.05, 3.63) is 16.3 Å². The van der Waals surface area contributed by atoms with Gasteiger partial charge in [-0.05, 0) is 37.1 Å². The zero-order chi connectivity index (χ0) is 13.3. The highest BCUT2D eigenvalue weighted by Gasteiger charge is 2.28. The Morgan fingerprint density at radius 2 is 1.94 bits per heavy atom. The highest BCUT2D eigenvalue weighted by molar-refractivity contribution is 7.12. The summed E-state index contributed by atoms with van der Waals surface area (Å²) < 4.78 is 0. The van der Waals surface area contributed by atoms with Crippen LogP contribution in [0.1, 0.15) is 50.7 Å². The van der Waals surface area contributed by atoms with Crippen LogP contribution in [0.15, 0.2) is 11.4 Å². The van der Waals surface area contributed by atoms with Crippen LogP contribution in [0.4, 0.5) is 5.69 Å². The second-order valence-electron chi connectivity index (χ2n) is 6.28. The number of carbonyl (C=O) groups is 1. The predicted octanol–water partition coefficient (Wildman–Crippen LogP) is 3.27. The van der Waals surface area contributed by atoms with E-state index in [-0.39, 0.29) is 16.9 Å². The van der Waals surface area contributed by atoms with Crippen molar-refractivity contribution in [2.45, 2.75) is 46.6 Å². The average molecular weight is 254 g/mol. The Hall–Kier alpha value is -1.03. The fourth-order valence-corrected chi connectivity index (χ4v) is 2.95. The fourth-order valence-electron chi connectivity index (χ4n) is 2.24. The number of rotatable bonds is 3. The Morgan fingerprint density at radius 3 is 2.35 bits per heavy atom. The summed E-state index contributed by atoms with van der Waals surface area (Å²) in [5.74, 6) is -0.0771. The van der Waals surface area contributed by atoms with Crippen LogP contribution >= 0.6 is 11.3 Å². The number of thiophene rings is 1. The zero-order valence-corrected chi connectivity index (χ0v) is 12.1. The SMILES string of the molecule is CC(C)(C)CC(C)(C)NC(=O)c1sccc1N. The molecule has 0 unspecified atom stereocenters. The minimum Gasteiger partial charge on any atom is -0.397 e. The van der Waals surface area contributed by atoms with Gasteiger partial charge >= 0.3 is 0 Å². The van der Waals surface area contributed by atoms with Crippen molar-refractivity contribution in [2.75, 3.05) is 5.73 Å². The highest BCUT2D eigenvalue weighted by Crippen LogP contribution is 2.28. The average Bonchev–Trinajstić information content (AvgIpc) is 2.44. The molecule has 0 radical (unpaired) electrons. The van der Waals surface area contributed by atoms with Crippen molar-refractivity contribution in [3.63, 3.8) is 0 Å². The summed E-state index contributed by atoms with van der Waals surface area (Å²) in [6, 6.07) is 1.76. The lowest BCUT2D eigenvalue weighted by molar-refractivity contribution is 0.0896. The maximum Gasteiger partial charge on any atom is 0.263 e. The maximum atomic E-state index is 12.0. The molecule has 4 heteroatoms. The Morgan fingerprint density at radius 1 is 1.35 bits per heavy atom. The van der Waals surface area contributed by atoms with Crippen LogP contribution in [0.2, 0.25) is 0 Å². The first-order chi connectivity index (χ1) is 7.61. The highest BCUT2D eigenvalue weighted by atomic mass is 32.1. The van der Waals surface area contributed by atoms with Gasteiger partial charge in [0.1, 0.15) is 4.88 Å². The summed E-state index contributed by atoms with van der Waals surface area (Å²) >= 11 is 1.38. The van der Waals surface area contributed by atoms with Crippen LogP contribution in [0, 0.1) is 5.41 Å². The van der Waals surface area contributed by atoms with Gasteiger partial charge in [-0.1, -0.05) is 20.8 Å². The first-order valence-corrected chi connectivity index (χ1v) is 6.64. The van der Waals surface area contributed by atoms with Crippen LogP contribution in [0.5, 0.6) is 0 Å². The van der Waals surface area contributed by atoms with Crippen molar-refractivity contribution < 1.29 is 4.79 Å². The number of nitrogen functional groups attached to an aromatic ring is 1. The topological polar surface area (TPSA) is 55.1 Å². The third-order valence-electron chi connectivity index (χ3n) is 2.33. The molecule has 0 bridgehead atoms. The first-order valence-electron chi connectivity index (χ1n) is 5.76. The van der Waals surface area contributed by atoms with Crippen molar-refractivity contribution in [1.29, 1.82) is 0 Å². The molecule has 0 atom stereocenters. The van der Waals surface area contributed by atoms with Gasteiger partial charge in [0.25, 0.3) is 5.91 Å².